The Hall–Kier alpha value is -0.980. The molecule has 0 spiro atoms. The summed E-state index contributed by atoms with van der Waals surface area (Å²) < 4.78 is 0. The second kappa shape index (κ2) is 6.47. The third-order valence-electron chi connectivity index (χ3n) is 1.84. The van der Waals surface area contributed by atoms with Crippen LogP contribution in [0.5, 0.6) is 0 Å². The van der Waals surface area contributed by atoms with E-state index in [0.29, 0.717) is 0 Å². The molecule has 1 rings (SSSR count). The number of hydrogen-bond acceptors (Lipinski definition) is 3. The van der Waals surface area contributed by atoms with Gasteiger partial charge in [0.2, 0.25) is 0 Å². The summed E-state index contributed by atoms with van der Waals surface area (Å²) in [4.78, 5) is 0. The largest absolute Gasteiger partial charge is 0.330 e. The Bertz CT molecular complexity index is 300. The van der Waals surface area contributed by atoms with E-state index in [-0.39, 0.29) is 0 Å². The van der Waals surface area contributed by atoms with Crippen molar-refractivity contribution in [3.05, 3.63) is 35.4 Å². The van der Waals surface area contributed by atoms with Crippen LogP contribution in [0.25, 0.3) is 0 Å². The number of nitrogens with zero attached hydrogens (tertiary/aromatic N) is 1. The van der Waals surface area contributed by atoms with E-state index < -0.39 is 0 Å². The quantitative estimate of drug-likeness (QED) is 0.751. The van der Waals surface area contributed by atoms with Crippen LogP contribution in [-0.4, -0.2) is 12.3 Å². The molecular formula is C11H14N2S. The molecular weight excluding hydrogens is 192 g/mol. The van der Waals surface area contributed by atoms with E-state index in [1.165, 1.54) is 5.56 Å². The smallest absolute Gasteiger partial charge is 0.0991 e. The molecule has 74 valence electrons. The molecule has 0 unspecified atom stereocenters. The van der Waals surface area contributed by atoms with Crippen LogP contribution in [0.3, 0.4) is 0 Å². The van der Waals surface area contributed by atoms with Crippen LogP contribution < -0.4 is 5.73 Å². The van der Waals surface area contributed by atoms with Crippen molar-refractivity contribution in [2.45, 2.75) is 12.2 Å². The molecule has 0 saturated carbocycles. The Labute approximate surface area is 89.1 Å². The molecule has 1 aromatic rings. The SMILES string of the molecule is N#Cc1ccc(CSCCCN)cc1. The fraction of sp³-hybridized carbons (Fsp3) is 0.364. The van der Waals surface area contributed by atoms with Crippen LogP contribution in [0.2, 0.25) is 0 Å². The maximum absolute atomic E-state index is 8.61. The number of nitriles is 1. The molecule has 0 aromatic heterocycles. The van der Waals surface area contributed by atoms with E-state index in [2.05, 4.69) is 6.07 Å². The van der Waals surface area contributed by atoms with Gasteiger partial charge in [0.25, 0.3) is 0 Å². The Morgan fingerprint density at radius 1 is 1.29 bits per heavy atom. The normalized spacial score (nSPS) is 9.71. The van der Waals surface area contributed by atoms with E-state index in [1.807, 2.05) is 36.0 Å². The zero-order valence-corrected chi connectivity index (χ0v) is 8.89. The first-order valence-corrected chi connectivity index (χ1v) is 5.79. The van der Waals surface area contributed by atoms with Crippen molar-refractivity contribution < 1.29 is 0 Å². The van der Waals surface area contributed by atoms with Gasteiger partial charge in [0, 0.05) is 5.75 Å². The van der Waals surface area contributed by atoms with Gasteiger partial charge in [0.15, 0.2) is 0 Å². The highest BCUT2D eigenvalue weighted by Gasteiger charge is 1.94. The average molecular weight is 206 g/mol. The van der Waals surface area contributed by atoms with Crippen molar-refractivity contribution >= 4 is 11.8 Å². The first-order valence-electron chi connectivity index (χ1n) is 4.63. The van der Waals surface area contributed by atoms with Crippen LogP contribution in [0, 0.1) is 11.3 Å². The number of hydrogen-bond donors (Lipinski definition) is 1. The second-order valence-electron chi connectivity index (χ2n) is 3.00. The summed E-state index contributed by atoms with van der Waals surface area (Å²) in [5, 5.41) is 8.61. The van der Waals surface area contributed by atoms with Crippen molar-refractivity contribution in [1.82, 2.24) is 0 Å². The lowest BCUT2D eigenvalue weighted by Gasteiger charge is -2.00. The fourth-order valence-electron chi connectivity index (χ4n) is 1.05. The van der Waals surface area contributed by atoms with Crippen LogP contribution in [0.1, 0.15) is 17.5 Å². The molecule has 0 heterocycles. The Morgan fingerprint density at radius 2 is 2.00 bits per heavy atom. The van der Waals surface area contributed by atoms with Gasteiger partial charge >= 0.3 is 0 Å². The highest BCUT2D eigenvalue weighted by molar-refractivity contribution is 7.98. The van der Waals surface area contributed by atoms with E-state index in [9.17, 15) is 0 Å². The summed E-state index contributed by atoms with van der Waals surface area (Å²) in [5.74, 6) is 2.11. The van der Waals surface area contributed by atoms with Gasteiger partial charge in [0.05, 0.1) is 11.6 Å². The molecule has 0 fully saturated rings. The number of rotatable bonds is 5. The summed E-state index contributed by atoms with van der Waals surface area (Å²) in [6, 6.07) is 9.84. The van der Waals surface area contributed by atoms with Gasteiger partial charge in [-0.1, -0.05) is 12.1 Å². The summed E-state index contributed by atoms with van der Waals surface area (Å²) in [7, 11) is 0. The van der Waals surface area contributed by atoms with Gasteiger partial charge < -0.3 is 5.73 Å². The summed E-state index contributed by atoms with van der Waals surface area (Å²) in [6.45, 7) is 0.764. The highest BCUT2D eigenvalue weighted by Crippen LogP contribution is 2.13. The first kappa shape index (κ1) is 11.1. The zero-order valence-electron chi connectivity index (χ0n) is 8.07. The zero-order chi connectivity index (χ0) is 10.2. The molecule has 0 radical (unpaired) electrons. The summed E-state index contributed by atoms with van der Waals surface area (Å²) in [5.41, 5.74) is 7.39. The van der Waals surface area contributed by atoms with Crippen LogP contribution in [-0.2, 0) is 5.75 Å². The van der Waals surface area contributed by atoms with Crippen LogP contribution in [0.15, 0.2) is 24.3 Å². The lowest BCUT2D eigenvalue weighted by Crippen LogP contribution is -1.99. The molecule has 0 aliphatic rings. The van der Waals surface area contributed by atoms with E-state index in [0.717, 1.165) is 30.0 Å². The van der Waals surface area contributed by atoms with Gasteiger partial charge in [-0.05, 0) is 36.4 Å². The molecule has 2 N–H and O–H groups in total. The van der Waals surface area contributed by atoms with E-state index in [1.54, 1.807) is 0 Å². The Morgan fingerprint density at radius 3 is 2.57 bits per heavy atom. The minimum Gasteiger partial charge on any atom is -0.330 e. The van der Waals surface area contributed by atoms with Gasteiger partial charge in [-0.15, -0.1) is 0 Å². The van der Waals surface area contributed by atoms with Gasteiger partial charge in [-0.25, -0.2) is 0 Å². The Kier molecular flexibility index (Phi) is 5.13. The molecule has 1 aromatic carbocycles. The Balaban J connectivity index is 2.33. The molecule has 14 heavy (non-hydrogen) atoms. The average Bonchev–Trinajstić information content (AvgIpc) is 2.25. The minimum absolute atomic E-state index is 0.723. The molecule has 0 saturated heterocycles. The predicted molar refractivity (Wildman–Crippen MR) is 61.0 cm³/mol. The standard InChI is InChI=1S/C11H14N2S/c12-6-1-7-14-9-11-4-2-10(8-13)3-5-11/h2-5H,1,6-7,9,12H2. The summed E-state index contributed by atoms with van der Waals surface area (Å²) in [6.07, 6.45) is 1.07. The maximum atomic E-state index is 8.61. The molecule has 0 bridgehead atoms. The number of thioether (sulfide) groups is 1. The lowest BCUT2D eigenvalue weighted by molar-refractivity contribution is 0.943. The minimum atomic E-state index is 0.723. The third kappa shape index (κ3) is 3.82. The lowest BCUT2D eigenvalue weighted by atomic mass is 10.2. The molecule has 2 nitrogen and oxygen atoms in total. The first-order chi connectivity index (χ1) is 6.86. The van der Waals surface area contributed by atoms with E-state index in [4.69, 9.17) is 11.0 Å². The van der Waals surface area contributed by atoms with Crippen LogP contribution in [0.4, 0.5) is 0 Å². The van der Waals surface area contributed by atoms with Crippen molar-refractivity contribution in [1.29, 1.82) is 5.26 Å². The van der Waals surface area contributed by atoms with Crippen molar-refractivity contribution in [2.75, 3.05) is 12.3 Å². The van der Waals surface area contributed by atoms with Crippen molar-refractivity contribution in [3.8, 4) is 6.07 Å². The monoisotopic (exact) mass is 206 g/mol. The van der Waals surface area contributed by atoms with Crippen molar-refractivity contribution in [2.24, 2.45) is 5.73 Å². The maximum Gasteiger partial charge on any atom is 0.0991 e. The van der Waals surface area contributed by atoms with Gasteiger partial charge in [-0.3, -0.25) is 0 Å². The second-order valence-corrected chi connectivity index (χ2v) is 4.11. The van der Waals surface area contributed by atoms with E-state index >= 15 is 0 Å². The number of benzene rings is 1. The highest BCUT2D eigenvalue weighted by atomic mass is 32.2. The fourth-order valence-corrected chi connectivity index (χ4v) is 1.99. The van der Waals surface area contributed by atoms with Gasteiger partial charge in [0.1, 0.15) is 0 Å². The number of nitrogens with two attached hydrogens (primary N) is 1. The molecule has 0 aliphatic heterocycles. The predicted octanol–water partition coefficient (Wildman–Crippen LogP) is 2.14. The molecule has 0 aliphatic carbocycles. The molecule has 3 heteroatoms. The molecule has 0 atom stereocenters. The topological polar surface area (TPSA) is 49.8 Å². The third-order valence-corrected chi connectivity index (χ3v) is 2.96. The van der Waals surface area contributed by atoms with Crippen molar-refractivity contribution in [3.63, 3.8) is 0 Å². The van der Waals surface area contributed by atoms with Gasteiger partial charge in [-0.2, -0.15) is 17.0 Å². The molecule has 0 amide bonds. The van der Waals surface area contributed by atoms with Crippen LogP contribution >= 0.6 is 11.8 Å². The summed E-state index contributed by atoms with van der Waals surface area (Å²) >= 11 is 1.88.